The van der Waals surface area contributed by atoms with Gasteiger partial charge < -0.3 is 5.11 Å². The van der Waals surface area contributed by atoms with Crippen LogP contribution < -0.4 is 0 Å². The van der Waals surface area contributed by atoms with Gasteiger partial charge in [0, 0.05) is 12.1 Å². The summed E-state index contributed by atoms with van der Waals surface area (Å²) in [5, 5.41) is 10.5. The molecule has 1 aliphatic rings. The molecule has 3 unspecified atom stereocenters. The summed E-state index contributed by atoms with van der Waals surface area (Å²) in [6.07, 6.45) is 3.46. The Balaban J connectivity index is 2.07. The highest BCUT2D eigenvalue weighted by atomic mass is 16.3. The lowest BCUT2D eigenvalue weighted by Gasteiger charge is -2.40. The first kappa shape index (κ1) is 13.6. The molecule has 100 valence electrons. The molecule has 3 atom stereocenters. The van der Waals surface area contributed by atoms with E-state index in [2.05, 4.69) is 37.8 Å². The average Bonchev–Trinajstić information content (AvgIpc) is 2.38. The number of hydrogen-bond donors (Lipinski definition) is 1. The van der Waals surface area contributed by atoms with Gasteiger partial charge in [0.15, 0.2) is 0 Å². The zero-order valence-electron chi connectivity index (χ0n) is 11.8. The first-order chi connectivity index (χ1) is 8.59. The summed E-state index contributed by atoms with van der Waals surface area (Å²) in [4.78, 5) is 2.45. The number of likely N-dealkylation sites (tertiary alicyclic amines) is 1. The van der Waals surface area contributed by atoms with Crippen LogP contribution in [0.5, 0.6) is 0 Å². The van der Waals surface area contributed by atoms with Crippen molar-refractivity contribution in [2.45, 2.75) is 58.2 Å². The van der Waals surface area contributed by atoms with E-state index in [9.17, 15) is 5.11 Å². The molecule has 0 radical (unpaired) electrons. The topological polar surface area (TPSA) is 23.5 Å². The van der Waals surface area contributed by atoms with Crippen molar-refractivity contribution in [1.29, 1.82) is 0 Å². The van der Waals surface area contributed by atoms with Crippen LogP contribution in [0.15, 0.2) is 24.3 Å². The molecule has 1 N–H and O–H groups in total. The van der Waals surface area contributed by atoms with Crippen molar-refractivity contribution in [3.8, 4) is 0 Å². The van der Waals surface area contributed by atoms with Crippen LogP contribution in [0.4, 0.5) is 0 Å². The molecule has 1 aromatic carbocycles. The van der Waals surface area contributed by atoms with Crippen LogP contribution in [0.1, 0.15) is 50.3 Å². The number of piperidine rings is 1. The quantitative estimate of drug-likeness (QED) is 0.886. The zero-order chi connectivity index (χ0) is 13.1. The highest BCUT2D eigenvalue weighted by Gasteiger charge is 2.28. The maximum atomic E-state index is 10.5. The monoisotopic (exact) mass is 247 g/mol. The maximum Gasteiger partial charge on any atom is 0.0942 e. The Morgan fingerprint density at radius 2 is 1.89 bits per heavy atom. The van der Waals surface area contributed by atoms with Gasteiger partial charge in [-0.1, -0.05) is 36.2 Å². The lowest BCUT2D eigenvalue weighted by molar-refractivity contribution is 0.0207. The predicted molar refractivity (Wildman–Crippen MR) is 75.6 cm³/mol. The molecule has 2 nitrogen and oxygen atoms in total. The largest absolute Gasteiger partial charge is 0.387 e. The standard InChI is InChI=1S/C16H25NO/c1-12-7-9-15(10-8-12)16(18)14(3)17-11-5-4-6-13(17)2/h7-10,13-14,16,18H,4-6,11H2,1-3H3. The summed E-state index contributed by atoms with van der Waals surface area (Å²) in [6, 6.07) is 9.03. The van der Waals surface area contributed by atoms with Crippen molar-refractivity contribution in [1.82, 2.24) is 4.90 Å². The van der Waals surface area contributed by atoms with Crippen LogP contribution in [0.2, 0.25) is 0 Å². The minimum Gasteiger partial charge on any atom is -0.387 e. The van der Waals surface area contributed by atoms with E-state index in [1.54, 1.807) is 0 Å². The molecule has 0 aromatic heterocycles. The lowest BCUT2D eigenvalue weighted by atomic mass is 9.96. The molecule has 1 aromatic rings. The summed E-state index contributed by atoms with van der Waals surface area (Å²) in [6.45, 7) is 7.61. The maximum absolute atomic E-state index is 10.5. The number of nitrogens with zero attached hydrogens (tertiary/aromatic N) is 1. The van der Waals surface area contributed by atoms with Crippen molar-refractivity contribution in [3.05, 3.63) is 35.4 Å². The van der Waals surface area contributed by atoms with E-state index in [4.69, 9.17) is 0 Å². The molecule has 1 fully saturated rings. The first-order valence-corrected chi connectivity index (χ1v) is 7.10. The number of aliphatic hydroxyl groups is 1. The number of rotatable bonds is 3. The van der Waals surface area contributed by atoms with Crippen LogP contribution >= 0.6 is 0 Å². The summed E-state index contributed by atoms with van der Waals surface area (Å²) in [7, 11) is 0. The van der Waals surface area contributed by atoms with E-state index in [1.807, 2.05) is 12.1 Å². The molecule has 1 saturated heterocycles. The fourth-order valence-corrected chi connectivity index (χ4v) is 2.95. The van der Waals surface area contributed by atoms with Crippen molar-refractivity contribution in [3.63, 3.8) is 0 Å². The van der Waals surface area contributed by atoms with Gasteiger partial charge in [-0.25, -0.2) is 0 Å². The van der Waals surface area contributed by atoms with E-state index < -0.39 is 0 Å². The number of aryl methyl sites for hydroxylation is 1. The van der Waals surface area contributed by atoms with Gasteiger partial charge in [-0.2, -0.15) is 0 Å². The van der Waals surface area contributed by atoms with Crippen LogP contribution in [-0.4, -0.2) is 28.6 Å². The molecule has 0 bridgehead atoms. The van der Waals surface area contributed by atoms with Gasteiger partial charge in [0.05, 0.1) is 6.10 Å². The smallest absolute Gasteiger partial charge is 0.0942 e. The minimum absolute atomic E-state index is 0.197. The summed E-state index contributed by atoms with van der Waals surface area (Å²) in [5.41, 5.74) is 2.27. The fourth-order valence-electron chi connectivity index (χ4n) is 2.95. The van der Waals surface area contributed by atoms with E-state index in [0.29, 0.717) is 6.04 Å². The van der Waals surface area contributed by atoms with Crippen LogP contribution in [-0.2, 0) is 0 Å². The fraction of sp³-hybridized carbons (Fsp3) is 0.625. The van der Waals surface area contributed by atoms with Crippen LogP contribution in [0, 0.1) is 6.92 Å². The van der Waals surface area contributed by atoms with Gasteiger partial charge in [-0.15, -0.1) is 0 Å². The van der Waals surface area contributed by atoms with Crippen LogP contribution in [0.3, 0.4) is 0 Å². The minimum atomic E-state index is -0.383. The zero-order valence-corrected chi connectivity index (χ0v) is 11.8. The first-order valence-electron chi connectivity index (χ1n) is 7.10. The summed E-state index contributed by atoms with van der Waals surface area (Å²) in [5.74, 6) is 0. The lowest BCUT2D eigenvalue weighted by Crippen LogP contribution is -2.46. The molecule has 2 heteroatoms. The van der Waals surface area contributed by atoms with Crippen molar-refractivity contribution in [2.24, 2.45) is 0 Å². The van der Waals surface area contributed by atoms with Gasteiger partial charge in [-0.05, 0) is 45.7 Å². The number of aliphatic hydroxyl groups excluding tert-OH is 1. The Morgan fingerprint density at radius 1 is 1.22 bits per heavy atom. The molecule has 1 aliphatic heterocycles. The second-order valence-electron chi connectivity index (χ2n) is 5.68. The predicted octanol–water partition coefficient (Wildman–Crippen LogP) is 3.29. The molecular weight excluding hydrogens is 222 g/mol. The molecule has 0 spiro atoms. The third-order valence-corrected chi connectivity index (χ3v) is 4.25. The van der Waals surface area contributed by atoms with E-state index >= 15 is 0 Å². The molecule has 0 aliphatic carbocycles. The third-order valence-electron chi connectivity index (χ3n) is 4.25. The van der Waals surface area contributed by atoms with Crippen LogP contribution in [0.25, 0.3) is 0 Å². The van der Waals surface area contributed by atoms with E-state index in [0.717, 1.165) is 12.1 Å². The van der Waals surface area contributed by atoms with Crippen molar-refractivity contribution in [2.75, 3.05) is 6.54 Å². The van der Waals surface area contributed by atoms with Gasteiger partial charge in [-0.3, -0.25) is 4.90 Å². The van der Waals surface area contributed by atoms with E-state index in [-0.39, 0.29) is 12.1 Å². The third kappa shape index (κ3) is 2.93. The highest BCUT2D eigenvalue weighted by molar-refractivity contribution is 5.24. The molecular formula is C16H25NO. The molecule has 18 heavy (non-hydrogen) atoms. The Hall–Kier alpha value is -0.860. The van der Waals surface area contributed by atoms with Gasteiger partial charge in [0.1, 0.15) is 0 Å². The number of hydrogen-bond acceptors (Lipinski definition) is 2. The SMILES string of the molecule is Cc1ccc(C(O)C(C)N2CCCCC2C)cc1. The average molecular weight is 247 g/mol. The Labute approximate surface area is 111 Å². The molecule has 0 saturated carbocycles. The van der Waals surface area contributed by atoms with Crippen molar-refractivity contribution >= 4 is 0 Å². The summed E-state index contributed by atoms with van der Waals surface area (Å²) >= 11 is 0. The van der Waals surface area contributed by atoms with E-state index in [1.165, 1.54) is 24.8 Å². The summed E-state index contributed by atoms with van der Waals surface area (Å²) < 4.78 is 0. The van der Waals surface area contributed by atoms with Gasteiger partial charge >= 0.3 is 0 Å². The Morgan fingerprint density at radius 3 is 2.50 bits per heavy atom. The highest BCUT2D eigenvalue weighted by Crippen LogP contribution is 2.27. The molecule has 2 rings (SSSR count). The number of benzene rings is 1. The Kier molecular flexibility index (Phi) is 4.41. The second kappa shape index (κ2) is 5.85. The molecule has 0 amide bonds. The van der Waals surface area contributed by atoms with Gasteiger partial charge in [0.25, 0.3) is 0 Å². The normalized spacial score (nSPS) is 24.8. The van der Waals surface area contributed by atoms with Crippen molar-refractivity contribution < 1.29 is 5.11 Å². The Bertz CT molecular complexity index is 373. The van der Waals surface area contributed by atoms with Gasteiger partial charge in [0.2, 0.25) is 0 Å². The second-order valence-corrected chi connectivity index (χ2v) is 5.68. The molecule has 1 heterocycles.